The van der Waals surface area contributed by atoms with Gasteiger partial charge in [-0.05, 0) is 37.6 Å². The first-order valence-corrected chi connectivity index (χ1v) is 8.79. The van der Waals surface area contributed by atoms with E-state index < -0.39 is 54.6 Å². The van der Waals surface area contributed by atoms with Gasteiger partial charge in [0.25, 0.3) is 5.09 Å². The molecule has 1 unspecified atom stereocenters. The molecule has 0 radical (unpaired) electrons. The molecule has 1 aliphatic rings. The molecule has 0 aromatic heterocycles. The zero-order chi connectivity index (χ0) is 23.3. The number of alkyl halides is 3. The van der Waals surface area contributed by atoms with E-state index in [1.54, 1.807) is 0 Å². The third-order valence-corrected chi connectivity index (χ3v) is 3.93. The Kier molecular flexibility index (Phi) is 7.55. The van der Waals surface area contributed by atoms with Crippen molar-refractivity contribution in [3.8, 4) is 5.75 Å². The van der Waals surface area contributed by atoms with Gasteiger partial charge in [-0.3, -0.25) is 0 Å². The maximum absolute atomic E-state index is 13.4. The lowest BCUT2D eigenvalue weighted by atomic mass is 9.99. The van der Waals surface area contributed by atoms with Gasteiger partial charge in [-0.25, -0.2) is 9.59 Å². The quantitative estimate of drug-likeness (QED) is 0.255. The number of fused-ring (bicyclic) bond motifs is 1. The fraction of sp³-hybridized carbons (Fsp3) is 0.412. The Hall–Kier alpha value is -3.22. The number of carbonyl (C=O) groups is 2. The number of benzene rings is 1. The lowest BCUT2D eigenvalue weighted by Gasteiger charge is -2.28. The SMILES string of the molecule is Cc1cc(Cl)cc2c1O[C@H](C(F)(F)F)C(C(=O)OCOC(=O)OC(C)CO[N+](=O)[O-])=C2. The van der Waals surface area contributed by atoms with Gasteiger partial charge in [0, 0.05) is 10.6 Å². The van der Waals surface area contributed by atoms with Crippen LogP contribution in [0.25, 0.3) is 6.08 Å². The minimum atomic E-state index is -4.94. The number of ether oxygens (including phenoxy) is 4. The first kappa shape index (κ1) is 24.1. The summed E-state index contributed by atoms with van der Waals surface area (Å²) in [6.45, 7) is 1.08. The van der Waals surface area contributed by atoms with E-state index in [1.165, 1.54) is 26.0 Å². The summed E-state index contributed by atoms with van der Waals surface area (Å²) in [5, 5.41) is 9.17. The number of halogens is 4. The van der Waals surface area contributed by atoms with Gasteiger partial charge in [-0.15, -0.1) is 10.1 Å². The second-order valence-electron chi connectivity index (χ2n) is 6.17. The minimum Gasteiger partial charge on any atom is -0.475 e. The van der Waals surface area contributed by atoms with Gasteiger partial charge in [0.05, 0.1) is 5.57 Å². The number of rotatable bonds is 7. The Balaban J connectivity index is 2.04. The highest BCUT2D eigenvalue weighted by Crippen LogP contribution is 2.40. The average Bonchev–Trinajstić information content (AvgIpc) is 2.64. The van der Waals surface area contributed by atoms with Crippen LogP contribution in [0.1, 0.15) is 18.1 Å². The van der Waals surface area contributed by atoms with Crippen molar-refractivity contribution in [3.05, 3.63) is 44.0 Å². The smallest absolute Gasteiger partial charge is 0.475 e. The molecule has 0 saturated carbocycles. The normalized spacial score (nSPS) is 16.2. The van der Waals surface area contributed by atoms with Crippen molar-refractivity contribution in [3.63, 3.8) is 0 Å². The molecule has 0 fully saturated rings. The molecule has 10 nitrogen and oxygen atoms in total. The lowest BCUT2D eigenvalue weighted by Crippen LogP contribution is -2.41. The molecule has 1 aromatic rings. The van der Waals surface area contributed by atoms with Crippen LogP contribution in [-0.2, 0) is 23.8 Å². The van der Waals surface area contributed by atoms with Gasteiger partial charge in [-0.2, -0.15) is 13.2 Å². The first-order valence-electron chi connectivity index (χ1n) is 8.41. The van der Waals surface area contributed by atoms with Crippen LogP contribution in [0, 0.1) is 17.0 Å². The van der Waals surface area contributed by atoms with Gasteiger partial charge in [0.1, 0.15) is 18.5 Å². The molecule has 170 valence electrons. The zero-order valence-electron chi connectivity index (χ0n) is 15.9. The maximum atomic E-state index is 13.4. The molecular weight excluding hydrogens is 455 g/mol. The van der Waals surface area contributed by atoms with Crippen LogP contribution in [0.4, 0.5) is 18.0 Å². The van der Waals surface area contributed by atoms with Crippen molar-refractivity contribution in [1.82, 2.24) is 0 Å². The minimum absolute atomic E-state index is 0.0889. The Labute approximate surface area is 177 Å². The maximum Gasteiger partial charge on any atom is 0.511 e. The fourth-order valence-electron chi connectivity index (χ4n) is 2.47. The topological polar surface area (TPSA) is 123 Å². The van der Waals surface area contributed by atoms with Gasteiger partial charge in [-0.1, -0.05) is 11.6 Å². The Bertz CT molecular complexity index is 904. The number of hydrogen-bond donors (Lipinski definition) is 0. The summed E-state index contributed by atoms with van der Waals surface area (Å²) in [7, 11) is 0. The van der Waals surface area contributed by atoms with E-state index in [-0.39, 0.29) is 16.3 Å². The van der Waals surface area contributed by atoms with E-state index in [0.29, 0.717) is 5.56 Å². The van der Waals surface area contributed by atoms with Crippen LogP contribution < -0.4 is 4.74 Å². The van der Waals surface area contributed by atoms with Crippen LogP contribution >= 0.6 is 11.6 Å². The molecule has 0 saturated heterocycles. The van der Waals surface area contributed by atoms with Crippen molar-refractivity contribution in [2.45, 2.75) is 32.2 Å². The summed E-state index contributed by atoms with van der Waals surface area (Å²) in [6.07, 6.45) is -9.10. The van der Waals surface area contributed by atoms with E-state index in [4.69, 9.17) is 16.3 Å². The molecule has 0 bridgehead atoms. The number of nitrogens with zero attached hydrogens (tertiary/aromatic N) is 1. The standard InChI is InChI=1S/C17H15ClF3NO9/c1-8-3-11(18)4-10-5-12(14(17(19,20)21)31-13(8)10)15(23)27-7-28-16(24)30-9(2)6-29-22(25)26/h3-5,9,14H,6-7H2,1-2H3/t9?,14-/m0/s1. The second kappa shape index (κ2) is 9.73. The summed E-state index contributed by atoms with van der Waals surface area (Å²) < 4.78 is 58.8. The summed E-state index contributed by atoms with van der Waals surface area (Å²) in [5.41, 5.74) is -0.412. The highest BCUT2D eigenvalue weighted by Gasteiger charge is 2.49. The molecule has 1 aromatic carbocycles. The van der Waals surface area contributed by atoms with E-state index >= 15 is 0 Å². The lowest BCUT2D eigenvalue weighted by molar-refractivity contribution is -0.759. The predicted octanol–water partition coefficient (Wildman–Crippen LogP) is 3.61. The number of aryl methyl sites for hydroxylation is 1. The molecule has 1 aliphatic heterocycles. The summed E-state index contributed by atoms with van der Waals surface area (Å²) in [4.78, 5) is 37.6. The average molecular weight is 470 g/mol. The molecule has 0 amide bonds. The van der Waals surface area contributed by atoms with Crippen LogP contribution in [0.3, 0.4) is 0 Å². The summed E-state index contributed by atoms with van der Waals surface area (Å²) in [5.74, 6) is -1.54. The number of carbonyl (C=O) groups excluding carboxylic acids is 2. The zero-order valence-corrected chi connectivity index (χ0v) is 16.7. The second-order valence-corrected chi connectivity index (χ2v) is 6.61. The predicted molar refractivity (Wildman–Crippen MR) is 95.6 cm³/mol. The molecular formula is C17H15ClF3NO9. The molecule has 0 aliphatic carbocycles. The van der Waals surface area contributed by atoms with Crippen molar-refractivity contribution in [1.29, 1.82) is 0 Å². The summed E-state index contributed by atoms with van der Waals surface area (Å²) >= 11 is 5.89. The van der Waals surface area contributed by atoms with Crippen LogP contribution in [0.15, 0.2) is 17.7 Å². The third-order valence-electron chi connectivity index (χ3n) is 3.71. The molecule has 2 atom stereocenters. The van der Waals surface area contributed by atoms with Gasteiger partial charge >= 0.3 is 18.3 Å². The van der Waals surface area contributed by atoms with Gasteiger partial charge in [0.2, 0.25) is 12.9 Å². The van der Waals surface area contributed by atoms with E-state index in [0.717, 1.165) is 6.08 Å². The fourth-order valence-corrected chi connectivity index (χ4v) is 2.75. The monoisotopic (exact) mass is 469 g/mol. The Morgan fingerprint density at radius 3 is 2.61 bits per heavy atom. The van der Waals surface area contributed by atoms with Gasteiger partial charge < -0.3 is 23.8 Å². The van der Waals surface area contributed by atoms with Crippen LogP contribution in [0.2, 0.25) is 5.02 Å². The molecule has 31 heavy (non-hydrogen) atoms. The van der Waals surface area contributed by atoms with E-state index in [9.17, 15) is 32.9 Å². The summed E-state index contributed by atoms with van der Waals surface area (Å²) in [6, 6.07) is 2.72. The number of hydrogen-bond acceptors (Lipinski definition) is 9. The molecule has 1 heterocycles. The largest absolute Gasteiger partial charge is 0.511 e. The number of esters is 1. The van der Waals surface area contributed by atoms with E-state index in [2.05, 4.69) is 19.0 Å². The van der Waals surface area contributed by atoms with E-state index in [1.807, 2.05) is 0 Å². The highest BCUT2D eigenvalue weighted by molar-refractivity contribution is 6.30. The Morgan fingerprint density at radius 2 is 2.00 bits per heavy atom. The molecule has 2 rings (SSSR count). The van der Waals surface area contributed by atoms with Crippen LogP contribution in [0.5, 0.6) is 5.75 Å². The molecule has 0 spiro atoms. The van der Waals surface area contributed by atoms with Crippen molar-refractivity contribution < 1.29 is 51.6 Å². The first-order chi connectivity index (χ1) is 14.4. The van der Waals surface area contributed by atoms with Crippen molar-refractivity contribution in [2.24, 2.45) is 0 Å². The Morgan fingerprint density at radius 1 is 1.32 bits per heavy atom. The van der Waals surface area contributed by atoms with Gasteiger partial charge in [0.15, 0.2) is 0 Å². The molecule has 14 heteroatoms. The van der Waals surface area contributed by atoms with Crippen molar-refractivity contribution in [2.75, 3.05) is 13.4 Å². The van der Waals surface area contributed by atoms with Crippen LogP contribution in [-0.4, -0.2) is 49.0 Å². The third kappa shape index (κ3) is 6.64. The molecule has 0 N–H and O–H groups in total. The highest BCUT2D eigenvalue weighted by atomic mass is 35.5. The van der Waals surface area contributed by atoms with Crippen molar-refractivity contribution >= 4 is 29.8 Å².